The van der Waals surface area contributed by atoms with Gasteiger partial charge in [0.05, 0.1) is 11.0 Å². The summed E-state index contributed by atoms with van der Waals surface area (Å²) in [7, 11) is 0. The summed E-state index contributed by atoms with van der Waals surface area (Å²) in [6.45, 7) is 0. The maximum absolute atomic E-state index is 2.51. The second-order valence-corrected chi connectivity index (χ2v) is 16.4. The molecule has 0 fully saturated rings. The zero-order valence-electron chi connectivity index (χ0n) is 32.3. The Hall–Kier alpha value is -7.48. The highest BCUT2D eigenvalue weighted by Crippen LogP contribution is 2.52. The van der Waals surface area contributed by atoms with Crippen LogP contribution in [-0.2, 0) is 0 Å². The Labute approximate surface area is 343 Å². The van der Waals surface area contributed by atoms with Gasteiger partial charge in [-0.2, -0.15) is 0 Å². The highest BCUT2D eigenvalue weighted by molar-refractivity contribution is 6.13. The van der Waals surface area contributed by atoms with E-state index in [9.17, 15) is 0 Å². The highest BCUT2D eigenvalue weighted by atomic mass is 15.0. The number of hydrogen-bond acceptors (Lipinski definition) is 0. The molecule has 0 N–H and O–H groups in total. The zero-order valence-corrected chi connectivity index (χ0v) is 32.3. The lowest BCUT2D eigenvalue weighted by atomic mass is 9.86. The summed E-state index contributed by atoms with van der Waals surface area (Å²) in [5.41, 5.74) is 19.6. The molecule has 0 saturated heterocycles. The second-order valence-electron chi connectivity index (χ2n) is 16.4. The molecule has 11 aromatic rings. The van der Waals surface area contributed by atoms with Crippen molar-refractivity contribution >= 4 is 43.4 Å². The van der Waals surface area contributed by atoms with Crippen molar-refractivity contribution in [2.45, 2.75) is 11.8 Å². The van der Waals surface area contributed by atoms with Crippen LogP contribution in [0.2, 0.25) is 0 Å². The van der Waals surface area contributed by atoms with Crippen LogP contribution in [0.1, 0.15) is 45.2 Å². The van der Waals surface area contributed by atoms with Gasteiger partial charge in [-0.3, -0.25) is 0 Å². The number of aromatic nitrogens is 1. The van der Waals surface area contributed by atoms with E-state index < -0.39 is 0 Å². The van der Waals surface area contributed by atoms with E-state index in [-0.39, 0.29) is 11.8 Å². The highest BCUT2D eigenvalue weighted by Gasteiger charge is 2.33. The van der Waals surface area contributed by atoms with Gasteiger partial charge >= 0.3 is 0 Å². The normalized spacial score (nSPS) is 15.1. The van der Waals surface area contributed by atoms with E-state index in [1.165, 1.54) is 116 Å². The number of benzene rings is 10. The Morgan fingerprint density at radius 2 is 0.898 bits per heavy atom. The van der Waals surface area contributed by atoms with Crippen molar-refractivity contribution in [3.05, 3.63) is 246 Å². The molecule has 13 rings (SSSR count). The Bertz CT molecular complexity index is 3510. The largest absolute Gasteiger partial charge is 0.309 e. The average Bonchev–Trinajstić information content (AvgIpc) is 3.92. The predicted octanol–water partition coefficient (Wildman–Crippen LogP) is 15.1. The van der Waals surface area contributed by atoms with E-state index in [2.05, 4.69) is 217 Å². The fraction of sp³-hybridized carbons (Fsp3) is 0.0345. The van der Waals surface area contributed by atoms with E-state index >= 15 is 0 Å². The molecule has 59 heavy (non-hydrogen) atoms. The van der Waals surface area contributed by atoms with Gasteiger partial charge in [0, 0.05) is 28.3 Å². The van der Waals surface area contributed by atoms with E-state index in [1.807, 2.05) is 0 Å². The second kappa shape index (κ2) is 12.5. The van der Waals surface area contributed by atoms with Gasteiger partial charge in [0.25, 0.3) is 0 Å². The molecule has 0 saturated carbocycles. The summed E-state index contributed by atoms with van der Waals surface area (Å²) in [6, 6.07) is 79.5. The van der Waals surface area contributed by atoms with E-state index in [1.54, 1.807) is 0 Å². The van der Waals surface area contributed by atoms with Crippen LogP contribution in [0.25, 0.3) is 82.4 Å². The molecule has 1 heteroatoms. The van der Waals surface area contributed by atoms with Gasteiger partial charge in [-0.1, -0.05) is 170 Å². The lowest BCUT2D eigenvalue weighted by molar-refractivity contribution is 1.02. The van der Waals surface area contributed by atoms with Gasteiger partial charge in [0.2, 0.25) is 0 Å². The summed E-state index contributed by atoms with van der Waals surface area (Å²) >= 11 is 0. The van der Waals surface area contributed by atoms with Crippen molar-refractivity contribution in [1.82, 2.24) is 4.57 Å². The minimum Gasteiger partial charge on any atom is -0.309 e. The Balaban J connectivity index is 1.03. The van der Waals surface area contributed by atoms with Gasteiger partial charge in [0.15, 0.2) is 0 Å². The molecule has 0 amide bonds. The first-order valence-corrected chi connectivity index (χ1v) is 20.7. The maximum atomic E-state index is 2.51. The molecule has 2 atom stereocenters. The lowest BCUT2D eigenvalue weighted by Gasteiger charge is -2.17. The molecule has 274 valence electrons. The molecule has 2 unspecified atom stereocenters. The van der Waals surface area contributed by atoms with Gasteiger partial charge in [-0.15, -0.1) is 0 Å². The molecule has 0 aliphatic heterocycles. The molecule has 10 aromatic carbocycles. The average molecular weight is 748 g/mol. The zero-order chi connectivity index (χ0) is 38.6. The SMILES string of the molecule is c1ccc(C2c3ccccc3-c3cc4c(cc32)c2cc(-c3ccc5c(c3)-c3ccccc3C5c3cccc5ccccc35)ccc2n4-c2ccc3ccccc3c2)cc1. The van der Waals surface area contributed by atoms with E-state index in [0.29, 0.717) is 0 Å². The lowest BCUT2D eigenvalue weighted by Crippen LogP contribution is -2.00. The first kappa shape index (κ1) is 32.6. The van der Waals surface area contributed by atoms with E-state index in [0.717, 1.165) is 0 Å². The number of rotatable bonds is 4. The minimum absolute atomic E-state index is 0.181. The van der Waals surface area contributed by atoms with Crippen LogP contribution >= 0.6 is 0 Å². The molecular weight excluding hydrogens is 711 g/mol. The summed E-state index contributed by atoms with van der Waals surface area (Å²) in [5, 5.41) is 7.65. The van der Waals surface area contributed by atoms with E-state index in [4.69, 9.17) is 0 Å². The maximum Gasteiger partial charge on any atom is 0.0547 e. The first-order chi connectivity index (χ1) is 29.3. The standard InChI is InChI=1S/C58H37N/c1-2-15-38(16-3-1)57-47-22-10-8-20-44(47)51-35-56-53(34-54(51)57)52-33-41(27-30-55(52)59(56)42-28-25-36-13-4-5-17-39(36)31-42)40-26-29-49-50(32-40)45-21-9-11-23-48(45)58(49)46-24-12-18-37-14-6-7-19-43(37)46/h1-35,57-58H. The third-order valence-electron chi connectivity index (χ3n) is 13.3. The molecule has 0 spiro atoms. The summed E-state index contributed by atoms with van der Waals surface area (Å²) in [5.74, 6) is 0.369. The van der Waals surface area contributed by atoms with Gasteiger partial charge < -0.3 is 4.57 Å². The van der Waals surface area contributed by atoms with Crippen molar-refractivity contribution in [3.8, 4) is 39.1 Å². The quantitative estimate of drug-likeness (QED) is 0.169. The number of nitrogens with zero attached hydrogens (tertiary/aromatic N) is 1. The molecular formula is C58H37N. The van der Waals surface area contributed by atoms with Gasteiger partial charge in [-0.25, -0.2) is 0 Å². The van der Waals surface area contributed by atoms with Crippen LogP contribution < -0.4 is 0 Å². The molecule has 1 aromatic heterocycles. The Morgan fingerprint density at radius 3 is 1.75 bits per heavy atom. The third-order valence-corrected chi connectivity index (χ3v) is 13.3. The van der Waals surface area contributed by atoms with Crippen molar-refractivity contribution in [2.75, 3.05) is 0 Å². The van der Waals surface area contributed by atoms with Crippen molar-refractivity contribution in [2.24, 2.45) is 0 Å². The van der Waals surface area contributed by atoms with Gasteiger partial charge in [0.1, 0.15) is 0 Å². The fourth-order valence-corrected chi connectivity index (χ4v) is 10.7. The molecule has 1 nitrogen and oxygen atoms in total. The monoisotopic (exact) mass is 747 g/mol. The molecule has 0 bridgehead atoms. The Morgan fingerprint density at radius 1 is 0.288 bits per heavy atom. The summed E-state index contributed by atoms with van der Waals surface area (Å²) < 4.78 is 2.49. The summed E-state index contributed by atoms with van der Waals surface area (Å²) in [4.78, 5) is 0. The van der Waals surface area contributed by atoms with Crippen molar-refractivity contribution in [1.29, 1.82) is 0 Å². The van der Waals surface area contributed by atoms with Crippen LogP contribution in [0.3, 0.4) is 0 Å². The van der Waals surface area contributed by atoms with Gasteiger partial charge in [-0.05, 0) is 131 Å². The fourth-order valence-electron chi connectivity index (χ4n) is 10.7. The Kier molecular flexibility index (Phi) is 6.91. The molecule has 2 aliphatic carbocycles. The molecule has 0 radical (unpaired) electrons. The number of hydrogen-bond donors (Lipinski definition) is 0. The van der Waals surface area contributed by atoms with Crippen LogP contribution in [-0.4, -0.2) is 4.57 Å². The minimum atomic E-state index is 0.181. The predicted molar refractivity (Wildman–Crippen MR) is 247 cm³/mol. The molecule has 2 aliphatic rings. The topological polar surface area (TPSA) is 4.93 Å². The first-order valence-electron chi connectivity index (χ1n) is 20.7. The van der Waals surface area contributed by atoms with Crippen molar-refractivity contribution in [3.63, 3.8) is 0 Å². The van der Waals surface area contributed by atoms with Crippen LogP contribution in [0, 0.1) is 0 Å². The smallest absolute Gasteiger partial charge is 0.0547 e. The van der Waals surface area contributed by atoms with Crippen LogP contribution in [0.5, 0.6) is 0 Å². The summed E-state index contributed by atoms with van der Waals surface area (Å²) in [6.07, 6.45) is 0. The van der Waals surface area contributed by atoms with Crippen LogP contribution in [0.15, 0.2) is 212 Å². The number of fused-ring (bicyclic) bond motifs is 11. The molecule has 1 heterocycles. The third kappa shape index (κ3) is 4.79. The van der Waals surface area contributed by atoms with Crippen LogP contribution in [0.4, 0.5) is 0 Å². The van der Waals surface area contributed by atoms with Crippen molar-refractivity contribution < 1.29 is 0 Å².